The molecule has 210 valence electrons. The number of halogens is 3. The number of nitrogens with zero attached hydrogens (tertiary/aromatic N) is 6. The van der Waals surface area contributed by atoms with Gasteiger partial charge < -0.3 is 9.47 Å². The van der Waals surface area contributed by atoms with E-state index in [4.69, 9.17) is 9.82 Å². The summed E-state index contributed by atoms with van der Waals surface area (Å²) in [6.45, 7) is 8.69. The highest BCUT2D eigenvalue weighted by molar-refractivity contribution is 7.96. The molecule has 0 saturated heterocycles. The van der Waals surface area contributed by atoms with Crippen molar-refractivity contribution in [2.45, 2.75) is 58.0 Å². The number of aromatic nitrogens is 3. The van der Waals surface area contributed by atoms with Crippen LogP contribution in [0.4, 0.5) is 13.2 Å². The van der Waals surface area contributed by atoms with Crippen LogP contribution < -0.4 is 0 Å². The summed E-state index contributed by atoms with van der Waals surface area (Å²) in [6, 6.07) is 4.21. The number of rotatable bonds is 11. The summed E-state index contributed by atoms with van der Waals surface area (Å²) < 4.78 is 42.4. The van der Waals surface area contributed by atoms with E-state index < -0.39 is 12.5 Å². The number of allylic oxidation sites excluding steroid dienone is 2. The van der Waals surface area contributed by atoms with Crippen molar-refractivity contribution in [3.05, 3.63) is 65.5 Å². The first-order valence-corrected chi connectivity index (χ1v) is 14.0. The maximum Gasteiger partial charge on any atom is 0.272 e. The number of likely N-dealkylation sites (N-methyl/N-ethyl adjacent to an activating group) is 1. The Hall–Kier alpha value is -2.18. The summed E-state index contributed by atoms with van der Waals surface area (Å²) >= 11 is 1.60. The normalized spacial score (nSPS) is 19.5. The molecule has 0 amide bonds. The van der Waals surface area contributed by atoms with Gasteiger partial charge in [-0.1, -0.05) is 43.7 Å². The van der Waals surface area contributed by atoms with Crippen molar-refractivity contribution in [3.63, 3.8) is 0 Å². The third kappa shape index (κ3) is 7.06. The molecule has 1 aliphatic heterocycles. The van der Waals surface area contributed by atoms with E-state index in [1.165, 1.54) is 5.56 Å². The smallest absolute Gasteiger partial charge is 0.272 e. The number of hydrogen-bond acceptors (Lipinski definition) is 7. The predicted octanol–water partition coefficient (Wildman–Crippen LogP) is 5.68. The molecule has 2 aromatic heterocycles. The Kier molecular flexibility index (Phi) is 11.9. The number of alkyl halides is 3. The molecule has 0 spiro atoms. The summed E-state index contributed by atoms with van der Waals surface area (Å²) in [5, 5.41) is 1.63. The minimum atomic E-state index is -2.68. The van der Waals surface area contributed by atoms with Gasteiger partial charge in [0.05, 0.1) is 36.8 Å². The highest BCUT2D eigenvalue weighted by Gasteiger charge is 2.39. The van der Waals surface area contributed by atoms with Crippen LogP contribution in [-0.4, -0.2) is 75.3 Å². The van der Waals surface area contributed by atoms with Crippen molar-refractivity contribution in [1.29, 1.82) is 0 Å². The van der Waals surface area contributed by atoms with Gasteiger partial charge in [-0.05, 0) is 56.8 Å². The predicted molar refractivity (Wildman–Crippen MR) is 147 cm³/mol. The second-order valence-corrected chi connectivity index (χ2v) is 9.98. The van der Waals surface area contributed by atoms with Crippen LogP contribution in [0.5, 0.6) is 0 Å². The van der Waals surface area contributed by atoms with Gasteiger partial charge in [0, 0.05) is 19.3 Å². The van der Waals surface area contributed by atoms with Gasteiger partial charge in [0.25, 0.3) is 6.43 Å². The zero-order valence-corrected chi connectivity index (χ0v) is 23.5. The maximum atomic E-state index is 14.4. The van der Waals surface area contributed by atoms with E-state index in [1.807, 2.05) is 36.2 Å². The van der Waals surface area contributed by atoms with E-state index in [2.05, 4.69) is 33.8 Å². The molecule has 0 radical (unpaired) electrons. The van der Waals surface area contributed by atoms with Crippen LogP contribution in [0.1, 0.15) is 60.4 Å². The Labute approximate surface area is 228 Å². The molecular formula is C27H39F3N6OS. The number of pyridine rings is 1. The van der Waals surface area contributed by atoms with Crippen molar-refractivity contribution in [1.82, 2.24) is 28.8 Å². The van der Waals surface area contributed by atoms with Crippen molar-refractivity contribution in [3.8, 4) is 0 Å². The van der Waals surface area contributed by atoms with Crippen LogP contribution in [0.15, 0.2) is 37.1 Å². The van der Waals surface area contributed by atoms with E-state index in [1.54, 1.807) is 29.2 Å². The molecule has 2 unspecified atom stereocenters. The third-order valence-electron chi connectivity index (χ3n) is 6.88. The number of aryl methyl sites for hydroxylation is 1. The standard InChI is InChI=1S/C26H36F2N6OS.CH3F/c1-5-7-13-22-30-20(17-34(36-4)21-12-8-10-19-11-9-14-29-23(19)21)24-25(26(27)28)35-32(18-33(22)24)16-15-31(3)6-2;1-2/h5,7,9,11,13-14,21,25-26H,1,6,8,10,12,15-18H2,2-4H3;1H3/b13-7-;. The first kappa shape index (κ1) is 30.4. The van der Waals surface area contributed by atoms with Crippen molar-refractivity contribution < 1.29 is 18.0 Å². The lowest BCUT2D eigenvalue weighted by Gasteiger charge is -2.36. The van der Waals surface area contributed by atoms with Gasteiger partial charge in [0.2, 0.25) is 0 Å². The maximum absolute atomic E-state index is 14.4. The minimum Gasteiger partial charge on any atom is -0.310 e. The fourth-order valence-corrected chi connectivity index (χ4v) is 5.56. The van der Waals surface area contributed by atoms with Gasteiger partial charge in [-0.15, -0.1) is 0 Å². The lowest BCUT2D eigenvalue weighted by Crippen LogP contribution is -2.42. The number of fused-ring (bicyclic) bond motifs is 2. The van der Waals surface area contributed by atoms with Gasteiger partial charge >= 0.3 is 0 Å². The van der Waals surface area contributed by atoms with Crippen molar-refractivity contribution in [2.24, 2.45) is 0 Å². The fourth-order valence-electron chi connectivity index (χ4n) is 4.84. The van der Waals surface area contributed by atoms with Crippen LogP contribution in [0, 0.1) is 0 Å². The highest BCUT2D eigenvalue weighted by Crippen LogP contribution is 2.39. The fraction of sp³-hybridized carbons (Fsp3) is 0.556. The SMILES string of the molecule is C=C/C=C\c1nc(CN(SC)C2CCCc3cccnc32)c2n1CN(CCN(C)CC)OC2C(F)F.CF. The molecule has 38 heavy (non-hydrogen) atoms. The zero-order chi connectivity index (χ0) is 27.7. The lowest BCUT2D eigenvalue weighted by molar-refractivity contribution is -0.265. The van der Waals surface area contributed by atoms with Crippen molar-refractivity contribution >= 4 is 18.0 Å². The Balaban J connectivity index is 0.00000195. The van der Waals surface area contributed by atoms with E-state index >= 15 is 0 Å². The molecule has 1 aliphatic carbocycles. The topological polar surface area (TPSA) is 49.7 Å². The summed E-state index contributed by atoms with van der Waals surface area (Å²) in [6.07, 6.45) is 8.13. The molecule has 0 saturated carbocycles. The average molecular weight is 553 g/mol. The molecule has 2 atom stereocenters. The van der Waals surface area contributed by atoms with Gasteiger partial charge in [-0.25, -0.2) is 18.1 Å². The molecule has 7 nitrogen and oxygen atoms in total. The number of hydroxylamine groups is 2. The van der Waals surface area contributed by atoms with Crippen molar-refractivity contribution in [2.75, 3.05) is 40.1 Å². The quantitative estimate of drug-likeness (QED) is 0.263. The van der Waals surface area contributed by atoms with Crippen LogP contribution >= 0.6 is 11.9 Å². The Bertz CT molecular complexity index is 1070. The summed E-state index contributed by atoms with van der Waals surface area (Å²) in [4.78, 5) is 17.5. The van der Waals surface area contributed by atoms with E-state index in [0.717, 1.165) is 38.0 Å². The monoisotopic (exact) mass is 552 g/mol. The van der Waals surface area contributed by atoms with Crippen LogP contribution in [0.2, 0.25) is 0 Å². The molecule has 11 heteroatoms. The third-order valence-corrected chi connectivity index (χ3v) is 7.73. The Morgan fingerprint density at radius 1 is 1.34 bits per heavy atom. The van der Waals surface area contributed by atoms with Crippen LogP contribution in [-0.2, 0) is 24.5 Å². The summed E-state index contributed by atoms with van der Waals surface area (Å²) in [5.74, 6) is 0.630. The van der Waals surface area contributed by atoms with Gasteiger partial charge in [-0.3, -0.25) is 14.2 Å². The molecule has 0 bridgehead atoms. The molecule has 0 aromatic carbocycles. The van der Waals surface area contributed by atoms with Gasteiger partial charge in [-0.2, -0.15) is 5.06 Å². The molecule has 4 rings (SSSR count). The Morgan fingerprint density at radius 3 is 2.82 bits per heavy atom. The molecular weight excluding hydrogens is 513 g/mol. The molecule has 0 N–H and O–H groups in total. The molecule has 2 aromatic rings. The summed E-state index contributed by atoms with van der Waals surface area (Å²) in [5.41, 5.74) is 3.40. The van der Waals surface area contributed by atoms with Gasteiger partial charge in [0.15, 0.2) is 6.10 Å². The van der Waals surface area contributed by atoms with Gasteiger partial charge in [0.1, 0.15) is 12.5 Å². The lowest BCUT2D eigenvalue weighted by atomic mass is 9.92. The largest absolute Gasteiger partial charge is 0.310 e. The minimum absolute atomic E-state index is 0.102. The first-order valence-electron chi connectivity index (χ1n) is 12.9. The average Bonchev–Trinajstić information content (AvgIpc) is 3.30. The van der Waals surface area contributed by atoms with E-state index in [-0.39, 0.29) is 6.04 Å². The molecule has 3 heterocycles. The highest BCUT2D eigenvalue weighted by atomic mass is 32.2. The molecule has 0 fully saturated rings. The zero-order valence-electron chi connectivity index (χ0n) is 22.7. The molecule has 2 aliphatic rings. The van der Waals surface area contributed by atoms with E-state index in [0.29, 0.717) is 44.1 Å². The second-order valence-electron chi connectivity index (χ2n) is 9.14. The number of hydrogen-bond donors (Lipinski definition) is 0. The summed E-state index contributed by atoms with van der Waals surface area (Å²) in [7, 11) is 2.50. The van der Waals surface area contributed by atoms with E-state index in [9.17, 15) is 13.2 Å². The number of imidazole rings is 1. The van der Waals surface area contributed by atoms with Crippen LogP contribution in [0.25, 0.3) is 6.08 Å². The van der Waals surface area contributed by atoms with Crippen LogP contribution in [0.3, 0.4) is 0 Å². The second kappa shape index (κ2) is 14.8. The first-order chi connectivity index (χ1) is 18.5. The Morgan fingerprint density at radius 2 is 2.13 bits per heavy atom.